The fourth-order valence-electron chi connectivity index (χ4n) is 1.82. The molecule has 0 unspecified atom stereocenters. The van der Waals surface area contributed by atoms with Crippen molar-refractivity contribution >= 4 is 27.3 Å². The lowest BCUT2D eigenvalue weighted by Crippen LogP contribution is -2.23. The third-order valence-corrected chi connectivity index (χ3v) is 4.74. The van der Waals surface area contributed by atoms with Gasteiger partial charge in [0, 0.05) is 6.04 Å². The van der Waals surface area contributed by atoms with E-state index in [0.29, 0.717) is 23.2 Å². The van der Waals surface area contributed by atoms with Gasteiger partial charge in [0.2, 0.25) is 10.0 Å². The fourth-order valence-corrected chi connectivity index (χ4v) is 3.36. The Morgan fingerprint density at radius 2 is 2.11 bits per heavy atom. The van der Waals surface area contributed by atoms with Crippen LogP contribution in [0, 0.1) is 6.92 Å². The number of hydrogen-bond acceptors (Lipinski definition) is 3. The van der Waals surface area contributed by atoms with Crippen molar-refractivity contribution in [1.82, 2.24) is 5.32 Å². The molecule has 0 saturated heterocycles. The van der Waals surface area contributed by atoms with E-state index in [4.69, 9.17) is 11.6 Å². The quantitative estimate of drug-likeness (QED) is 0.761. The van der Waals surface area contributed by atoms with Crippen molar-refractivity contribution in [2.24, 2.45) is 0 Å². The normalized spacial score (nSPS) is 15.5. The molecule has 1 saturated carbocycles. The first kappa shape index (κ1) is 14.6. The predicted octanol–water partition coefficient (Wildman–Crippen LogP) is 2.53. The second-order valence-corrected chi connectivity index (χ2v) is 7.18. The van der Waals surface area contributed by atoms with Crippen LogP contribution in [0.1, 0.15) is 24.8 Å². The molecule has 1 aliphatic rings. The molecule has 1 fully saturated rings. The summed E-state index contributed by atoms with van der Waals surface area (Å²) in [5, 5.41) is 3.73. The zero-order valence-electron chi connectivity index (χ0n) is 10.9. The molecule has 0 aromatic heterocycles. The van der Waals surface area contributed by atoms with Gasteiger partial charge in [-0.3, -0.25) is 4.72 Å². The summed E-state index contributed by atoms with van der Waals surface area (Å²) < 4.78 is 26.5. The van der Waals surface area contributed by atoms with Crippen LogP contribution < -0.4 is 10.0 Å². The molecule has 2 N–H and O–H groups in total. The number of anilines is 1. The molecule has 4 nitrogen and oxygen atoms in total. The topological polar surface area (TPSA) is 58.2 Å². The maximum atomic E-state index is 12.0. The first-order valence-electron chi connectivity index (χ1n) is 6.47. The highest BCUT2D eigenvalue weighted by Gasteiger charge is 2.20. The molecule has 106 valence electrons. The lowest BCUT2D eigenvalue weighted by molar-refractivity contribution is 0.593. The van der Waals surface area contributed by atoms with Crippen LogP contribution in [-0.2, 0) is 10.0 Å². The maximum Gasteiger partial charge on any atom is 0.232 e. The van der Waals surface area contributed by atoms with Gasteiger partial charge in [-0.2, -0.15) is 0 Å². The molecule has 6 heteroatoms. The summed E-state index contributed by atoms with van der Waals surface area (Å²) in [4.78, 5) is 0. The summed E-state index contributed by atoms with van der Waals surface area (Å²) in [5.41, 5.74) is 1.31. The lowest BCUT2D eigenvalue weighted by Gasteiger charge is -2.12. The van der Waals surface area contributed by atoms with Gasteiger partial charge in [0.1, 0.15) is 0 Å². The van der Waals surface area contributed by atoms with Crippen LogP contribution in [0.5, 0.6) is 0 Å². The lowest BCUT2D eigenvalue weighted by atomic mass is 10.2. The van der Waals surface area contributed by atoms with Gasteiger partial charge >= 0.3 is 0 Å². The van der Waals surface area contributed by atoms with Gasteiger partial charge in [-0.05, 0) is 44.4 Å². The minimum Gasteiger partial charge on any atom is -0.314 e. The van der Waals surface area contributed by atoms with E-state index in [1.54, 1.807) is 12.1 Å². The molecule has 0 heterocycles. The van der Waals surface area contributed by atoms with E-state index in [1.807, 2.05) is 13.0 Å². The summed E-state index contributed by atoms with van der Waals surface area (Å²) in [7, 11) is -3.33. The molecular formula is C13H19ClN2O2S. The molecule has 1 aromatic carbocycles. The first-order chi connectivity index (χ1) is 8.98. The predicted molar refractivity (Wildman–Crippen MR) is 79.2 cm³/mol. The van der Waals surface area contributed by atoms with E-state index in [9.17, 15) is 8.42 Å². The number of hydrogen-bond donors (Lipinski definition) is 2. The van der Waals surface area contributed by atoms with E-state index < -0.39 is 10.0 Å². The number of aryl methyl sites for hydroxylation is 1. The summed E-state index contributed by atoms with van der Waals surface area (Å²) in [5.74, 6) is 0.109. The van der Waals surface area contributed by atoms with E-state index in [0.717, 1.165) is 12.1 Å². The van der Waals surface area contributed by atoms with Crippen LogP contribution in [0.25, 0.3) is 0 Å². The van der Waals surface area contributed by atoms with Crippen LogP contribution in [0.2, 0.25) is 5.02 Å². The van der Waals surface area contributed by atoms with E-state index in [2.05, 4.69) is 10.0 Å². The van der Waals surface area contributed by atoms with Gasteiger partial charge < -0.3 is 5.32 Å². The molecular weight excluding hydrogens is 284 g/mol. The van der Waals surface area contributed by atoms with Crippen molar-refractivity contribution in [3.63, 3.8) is 0 Å². The molecule has 0 amide bonds. The fraction of sp³-hybridized carbons (Fsp3) is 0.538. The average molecular weight is 303 g/mol. The number of nitrogens with one attached hydrogen (secondary N) is 2. The second-order valence-electron chi connectivity index (χ2n) is 4.93. The van der Waals surface area contributed by atoms with Gasteiger partial charge in [-0.25, -0.2) is 8.42 Å². The van der Waals surface area contributed by atoms with Crippen LogP contribution in [0.4, 0.5) is 5.69 Å². The SMILES string of the molecule is Cc1cccc(Cl)c1NS(=O)(=O)CCCNC1CC1. The molecule has 2 rings (SSSR count). The third kappa shape index (κ3) is 4.67. The molecule has 0 atom stereocenters. The van der Waals surface area contributed by atoms with Crippen molar-refractivity contribution in [3.8, 4) is 0 Å². The van der Waals surface area contributed by atoms with Crippen molar-refractivity contribution in [2.45, 2.75) is 32.2 Å². The van der Waals surface area contributed by atoms with Crippen LogP contribution in [0.3, 0.4) is 0 Å². The molecule has 0 spiro atoms. The molecule has 0 aliphatic heterocycles. The van der Waals surface area contributed by atoms with Crippen LogP contribution in [-0.4, -0.2) is 26.8 Å². The number of benzene rings is 1. The number of sulfonamides is 1. The van der Waals surface area contributed by atoms with Gasteiger partial charge in [0.05, 0.1) is 16.5 Å². The number of rotatable bonds is 7. The largest absolute Gasteiger partial charge is 0.314 e. The first-order valence-corrected chi connectivity index (χ1v) is 8.50. The maximum absolute atomic E-state index is 12.0. The minimum absolute atomic E-state index is 0.109. The summed E-state index contributed by atoms with van der Waals surface area (Å²) in [6.45, 7) is 2.57. The van der Waals surface area contributed by atoms with Gasteiger partial charge in [-0.15, -0.1) is 0 Å². The molecule has 0 bridgehead atoms. The Bertz CT molecular complexity index is 521. The molecule has 1 aromatic rings. The van der Waals surface area contributed by atoms with E-state index in [-0.39, 0.29) is 5.75 Å². The Morgan fingerprint density at radius 1 is 1.37 bits per heavy atom. The van der Waals surface area contributed by atoms with Crippen LogP contribution >= 0.6 is 11.6 Å². The second kappa shape index (κ2) is 6.11. The van der Waals surface area contributed by atoms with Crippen molar-refractivity contribution < 1.29 is 8.42 Å². The smallest absolute Gasteiger partial charge is 0.232 e. The highest BCUT2D eigenvalue weighted by atomic mass is 35.5. The third-order valence-electron chi connectivity index (χ3n) is 3.08. The van der Waals surface area contributed by atoms with Gasteiger partial charge in [0.25, 0.3) is 0 Å². The zero-order chi connectivity index (χ0) is 13.9. The van der Waals surface area contributed by atoms with Crippen molar-refractivity contribution in [2.75, 3.05) is 17.0 Å². The highest BCUT2D eigenvalue weighted by molar-refractivity contribution is 7.92. The Kier molecular flexibility index (Phi) is 4.71. The Hall–Kier alpha value is -0.780. The molecule has 19 heavy (non-hydrogen) atoms. The number of halogens is 1. The zero-order valence-corrected chi connectivity index (χ0v) is 12.5. The van der Waals surface area contributed by atoms with E-state index in [1.165, 1.54) is 12.8 Å². The number of para-hydroxylation sites is 1. The minimum atomic E-state index is -3.33. The van der Waals surface area contributed by atoms with Crippen molar-refractivity contribution in [3.05, 3.63) is 28.8 Å². The summed E-state index contributed by atoms with van der Waals surface area (Å²) in [6, 6.07) is 5.93. The molecule has 1 aliphatic carbocycles. The van der Waals surface area contributed by atoms with E-state index >= 15 is 0 Å². The summed E-state index contributed by atoms with van der Waals surface area (Å²) >= 11 is 6.01. The Balaban J connectivity index is 1.88. The Morgan fingerprint density at radius 3 is 2.74 bits per heavy atom. The Labute approximate surface area is 119 Å². The highest BCUT2D eigenvalue weighted by Crippen LogP contribution is 2.26. The van der Waals surface area contributed by atoms with Crippen LogP contribution in [0.15, 0.2) is 18.2 Å². The average Bonchev–Trinajstić information content (AvgIpc) is 3.14. The van der Waals surface area contributed by atoms with Gasteiger partial charge in [-0.1, -0.05) is 23.7 Å². The summed E-state index contributed by atoms with van der Waals surface area (Å²) in [6.07, 6.45) is 3.03. The standard InChI is InChI=1S/C13H19ClN2O2S/c1-10-4-2-5-12(14)13(10)16-19(17,18)9-3-8-15-11-6-7-11/h2,4-5,11,15-16H,3,6-9H2,1H3. The van der Waals surface area contributed by atoms with Crippen molar-refractivity contribution in [1.29, 1.82) is 0 Å². The monoisotopic (exact) mass is 302 g/mol. The van der Waals surface area contributed by atoms with Gasteiger partial charge in [0.15, 0.2) is 0 Å². The molecule has 0 radical (unpaired) electrons.